The summed E-state index contributed by atoms with van der Waals surface area (Å²) >= 11 is 0. The van der Waals surface area contributed by atoms with E-state index < -0.39 is 4.92 Å². The molecule has 4 rings (SSSR count). The zero-order chi connectivity index (χ0) is 20.0. The quantitative estimate of drug-likeness (QED) is 0.244. The molecule has 2 amide bonds. The maximum Gasteiger partial charge on any atom is 0.315 e. The van der Waals surface area contributed by atoms with Crippen LogP contribution in [-0.4, -0.2) is 41.7 Å². The molecule has 28 heavy (non-hydrogen) atoms. The fourth-order valence-electron chi connectivity index (χ4n) is 4.41. The van der Waals surface area contributed by atoms with Crippen molar-refractivity contribution in [2.45, 2.75) is 13.3 Å². The minimum atomic E-state index is -0.585. The van der Waals surface area contributed by atoms with E-state index in [1.54, 1.807) is 6.92 Å². The highest BCUT2D eigenvalue weighted by Gasteiger charge is 2.59. The van der Waals surface area contributed by atoms with Gasteiger partial charge in [0.15, 0.2) is 5.75 Å². The highest BCUT2D eigenvalue weighted by Crippen LogP contribution is 2.52. The summed E-state index contributed by atoms with van der Waals surface area (Å²) in [6, 6.07) is 2.79. The third kappa shape index (κ3) is 2.65. The Kier molecular flexibility index (Phi) is 4.37. The molecule has 1 saturated carbocycles. The molecule has 0 unspecified atom stereocenters. The number of imide groups is 1. The highest BCUT2D eigenvalue weighted by molar-refractivity contribution is 6.06. The molecule has 0 aromatic heterocycles. The standard InChI is InChI=1S/C19H19N3O6/c1-3-28-14-7-10(6-13(22(25)26)17(14)27-2)9-20-21-18(23)15-11-4-5-12(8-11)16(15)19(21)24/h4-7,9,11-12,15-16H,3,8H2,1-2H3/t11-,12-,15-,16+/m0/s1. The van der Waals surface area contributed by atoms with E-state index in [-0.39, 0.29) is 59.3 Å². The molecule has 3 aliphatic rings. The maximum absolute atomic E-state index is 12.7. The van der Waals surface area contributed by atoms with Gasteiger partial charge in [0.2, 0.25) is 5.75 Å². The Morgan fingerprint density at radius 1 is 1.25 bits per heavy atom. The first-order valence-electron chi connectivity index (χ1n) is 9.05. The number of rotatable bonds is 6. The lowest BCUT2D eigenvalue weighted by Crippen LogP contribution is -2.28. The SMILES string of the molecule is CCOc1cc(C=NN2C(=O)[C@@H]3[C@H](C2=O)[C@H]2C=C[C@H]3C2)cc([N+](=O)[O-])c1OC. The first-order chi connectivity index (χ1) is 13.5. The molecule has 1 aliphatic heterocycles. The molecule has 0 N–H and O–H groups in total. The van der Waals surface area contributed by atoms with E-state index >= 15 is 0 Å². The Morgan fingerprint density at radius 2 is 1.89 bits per heavy atom. The number of hydrogen-bond donors (Lipinski definition) is 0. The summed E-state index contributed by atoms with van der Waals surface area (Å²) in [5.74, 6) is -0.912. The number of methoxy groups -OCH3 is 1. The molecule has 1 heterocycles. The zero-order valence-electron chi connectivity index (χ0n) is 15.4. The molecular weight excluding hydrogens is 366 g/mol. The van der Waals surface area contributed by atoms with Gasteiger partial charge in [-0.1, -0.05) is 12.2 Å². The van der Waals surface area contributed by atoms with E-state index in [9.17, 15) is 19.7 Å². The van der Waals surface area contributed by atoms with Crippen LogP contribution in [0, 0.1) is 33.8 Å². The van der Waals surface area contributed by atoms with Crippen LogP contribution < -0.4 is 9.47 Å². The number of carbonyl (C=O) groups excluding carboxylic acids is 2. The number of carbonyl (C=O) groups is 2. The van der Waals surface area contributed by atoms with Gasteiger partial charge in [-0.15, -0.1) is 0 Å². The van der Waals surface area contributed by atoms with Gasteiger partial charge in [0.1, 0.15) is 0 Å². The highest BCUT2D eigenvalue weighted by atomic mass is 16.6. The molecule has 1 aromatic carbocycles. The number of hydrazone groups is 1. The molecule has 9 heteroatoms. The number of fused-ring (bicyclic) bond motifs is 5. The van der Waals surface area contributed by atoms with Crippen molar-refractivity contribution in [2.24, 2.45) is 28.8 Å². The number of nitrogens with zero attached hydrogens (tertiary/aromatic N) is 3. The van der Waals surface area contributed by atoms with E-state index in [1.165, 1.54) is 25.5 Å². The molecule has 1 aromatic rings. The van der Waals surface area contributed by atoms with Gasteiger partial charge in [-0.2, -0.15) is 10.1 Å². The zero-order valence-corrected chi connectivity index (χ0v) is 15.4. The average Bonchev–Trinajstić information content (AvgIpc) is 3.34. The molecule has 9 nitrogen and oxygen atoms in total. The Labute approximate surface area is 160 Å². The van der Waals surface area contributed by atoms with E-state index in [0.29, 0.717) is 5.56 Å². The predicted molar refractivity (Wildman–Crippen MR) is 98.0 cm³/mol. The van der Waals surface area contributed by atoms with Crippen LogP contribution in [0.2, 0.25) is 0 Å². The molecule has 0 spiro atoms. The lowest BCUT2D eigenvalue weighted by molar-refractivity contribution is -0.385. The molecule has 2 fully saturated rings. The number of nitro benzene ring substituents is 1. The minimum Gasteiger partial charge on any atom is -0.490 e. The normalized spacial score (nSPS) is 27.7. The minimum absolute atomic E-state index is 0.00880. The maximum atomic E-state index is 12.7. The fourth-order valence-corrected chi connectivity index (χ4v) is 4.41. The van der Waals surface area contributed by atoms with Gasteiger partial charge < -0.3 is 9.47 Å². The van der Waals surface area contributed by atoms with Crippen molar-refractivity contribution in [1.29, 1.82) is 0 Å². The Hall–Kier alpha value is -3.23. The van der Waals surface area contributed by atoms with E-state index in [1.807, 2.05) is 12.2 Å². The molecule has 1 saturated heterocycles. The van der Waals surface area contributed by atoms with E-state index in [2.05, 4.69) is 5.10 Å². The lowest BCUT2D eigenvalue weighted by Gasteiger charge is -2.13. The number of benzene rings is 1. The third-order valence-corrected chi connectivity index (χ3v) is 5.53. The van der Waals surface area contributed by atoms with Crippen LogP contribution in [-0.2, 0) is 9.59 Å². The summed E-state index contributed by atoms with van der Waals surface area (Å²) in [5.41, 5.74) is 0.0443. The van der Waals surface area contributed by atoms with Crippen molar-refractivity contribution in [3.63, 3.8) is 0 Å². The van der Waals surface area contributed by atoms with Crippen molar-refractivity contribution in [2.75, 3.05) is 13.7 Å². The predicted octanol–water partition coefficient (Wildman–Crippen LogP) is 2.14. The van der Waals surface area contributed by atoms with Crippen molar-refractivity contribution in [3.05, 3.63) is 40.0 Å². The number of nitro groups is 1. The van der Waals surface area contributed by atoms with Gasteiger partial charge in [0.25, 0.3) is 11.8 Å². The van der Waals surface area contributed by atoms with Gasteiger partial charge in [-0.25, -0.2) is 0 Å². The topological polar surface area (TPSA) is 111 Å². The largest absolute Gasteiger partial charge is 0.490 e. The van der Waals surface area contributed by atoms with Gasteiger partial charge in [-0.3, -0.25) is 19.7 Å². The van der Waals surface area contributed by atoms with Crippen LogP contribution in [0.4, 0.5) is 5.69 Å². The summed E-state index contributed by atoms with van der Waals surface area (Å²) in [6.45, 7) is 2.03. The molecular formula is C19H19N3O6. The summed E-state index contributed by atoms with van der Waals surface area (Å²) < 4.78 is 10.5. The fraction of sp³-hybridized carbons (Fsp3) is 0.421. The van der Waals surface area contributed by atoms with Crippen LogP contribution in [0.15, 0.2) is 29.4 Å². The average molecular weight is 385 g/mol. The second kappa shape index (κ2) is 6.74. The van der Waals surface area contributed by atoms with E-state index in [0.717, 1.165) is 11.4 Å². The smallest absolute Gasteiger partial charge is 0.315 e. The molecule has 4 atom stereocenters. The van der Waals surface area contributed by atoms with Gasteiger partial charge in [0, 0.05) is 11.6 Å². The molecule has 2 bridgehead atoms. The number of hydrogen-bond acceptors (Lipinski definition) is 7. The van der Waals surface area contributed by atoms with E-state index in [4.69, 9.17) is 9.47 Å². The van der Waals surface area contributed by atoms with Gasteiger partial charge in [-0.05, 0) is 31.2 Å². The van der Waals surface area contributed by atoms with Crippen LogP contribution in [0.1, 0.15) is 18.9 Å². The molecule has 0 radical (unpaired) electrons. The Bertz CT molecular complexity index is 894. The van der Waals surface area contributed by atoms with Crippen LogP contribution in [0.25, 0.3) is 0 Å². The summed E-state index contributed by atoms with van der Waals surface area (Å²) in [5, 5.41) is 16.3. The number of allylic oxidation sites excluding steroid dienone is 2. The van der Waals surface area contributed by atoms with Crippen LogP contribution in [0.5, 0.6) is 11.5 Å². The number of ether oxygens (including phenoxy) is 2. The summed E-state index contributed by atoms with van der Waals surface area (Å²) in [4.78, 5) is 36.1. The number of amides is 2. The summed E-state index contributed by atoms with van der Waals surface area (Å²) in [6.07, 6.45) is 6.12. The monoisotopic (exact) mass is 385 g/mol. The van der Waals surface area contributed by atoms with Gasteiger partial charge >= 0.3 is 5.69 Å². The van der Waals surface area contributed by atoms with Gasteiger partial charge in [0.05, 0.1) is 36.7 Å². The van der Waals surface area contributed by atoms with Crippen LogP contribution >= 0.6 is 0 Å². The lowest BCUT2D eigenvalue weighted by atomic mass is 9.85. The first-order valence-corrected chi connectivity index (χ1v) is 9.05. The molecule has 146 valence electrons. The molecule has 2 aliphatic carbocycles. The summed E-state index contributed by atoms with van der Waals surface area (Å²) in [7, 11) is 1.32. The van der Waals surface area contributed by atoms with Crippen molar-refractivity contribution >= 4 is 23.7 Å². The second-order valence-corrected chi connectivity index (χ2v) is 6.99. The Morgan fingerprint density at radius 3 is 2.43 bits per heavy atom. The van der Waals surface area contributed by atoms with Crippen molar-refractivity contribution in [3.8, 4) is 11.5 Å². The van der Waals surface area contributed by atoms with Crippen molar-refractivity contribution < 1.29 is 24.0 Å². The third-order valence-electron chi connectivity index (χ3n) is 5.53. The van der Waals surface area contributed by atoms with Crippen LogP contribution in [0.3, 0.4) is 0 Å². The first kappa shape index (κ1) is 18.1. The Balaban J connectivity index is 1.64. The van der Waals surface area contributed by atoms with Crippen molar-refractivity contribution in [1.82, 2.24) is 5.01 Å². The second-order valence-electron chi connectivity index (χ2n) is 6.99.